The molecular formula is C12H15NO4. The Morgan fingerprint density at radius 1 is 1.24 bits per heavy atom. The molecule has 1 fully saturated rings. The molecule has 0 aromatic heterocycles. The fraction of sp³-hybridized carbons (Fsp3) is 0.417. The number of phenolic OH excluding ortho intramolecular Hbond substituents is 2. The van der Waals surface area contributed by atoms with E-state index in [9.17, 15) is 15.0 Å². The van der Waals surface area contributed by atoms with Crippen LogP contribution in [0.5, 0.6) is 11.5 Å². The topological polar surface area (TPSA) is 89.8 Å². The summed E-state index contributed by atoms with van der Waals surface area (Å²) >= 11 is 0. The number of carbonyl (C=O) groups is 1. The van der Waals surface area contributed by atoms with E-state index >= 15 is 0 Å². The molecule has 0 bridgehead atoms. The highest BCUT2D eigenvalue weighted by molar-refractivity contribution is 5.95. The van der Waals surface area contributed by atoms with Crippen molar-refractivity contribution in [2.24, 2.45) is 5.41 Å². The molecule has 92 valence electrons. The van der Waals surface area contributed by atoms with Gasteiger partial charge in [-0.15, -0.1) is 0 Å². The number of nitrogens with one attached hydrogen (secondary N) is 1. The van der Waals surface area contributed by atoms with Gasteiger partial charge in [-0.05, 0) is 25.0 Å². The van der Waals surface area contributed by atoms with E-state index in [1.807, 2.05) is 0 Å². The maximum atomic E-state index is 11.7. The Morgan fingerprint density at radius 3 is 2.29 bits per heavy atom. The number of amides is 1. The van der Waals surface area contributed by atoms with Crippen LogP contribution in [0.3, 0.4) is 0 Å². The van der Waals surface area contributed by atoms with E-state index in [1.54, 1.807) is 0 Å². The Balaban J connectivity index is 1.99. The zero-order chi connectivity index (χ0) is 12.5. The fourth-order valence-corrected chi connectivity index (χ4v) is 1.66. The lowest BCUT2D eigenvalue weighted by molar-refractivity contribution is 0.0934. The number of hydrogen-bond donors (Lipinski definition) is 4. The van der Waals surface area contributed by atoms with Crippen molar-refractivity contribution >= 4 is 5.91 Å². The van der Waals surface area contributed by atoms with Gasteiger partial charge in [0.05, 0.1) is 6.61 Å². The summed E-state index contributed by atoms with van der Waals surface area (Å²) in [5.41, 5.74) is 0.0466. The second-order valence-corrected chi connectivity index (χ2v) is 4.58. The number of benzene rings is 1. The smallest absolute Gasteiger partial charge is 0.251 e. The molecule has 0 radical (unpaired) electrons. The molecule has 0 saturated heterocycles. The van der Waals surface area contributed by atoms with Crippen LogP contribution >= 0.6 is 0 Å². The molecule has 5 heteroatoms. The first-order chi connectivity index (χ1) is 8.04. The zero-order valence-corrected chi connectivity index (χ0v) is 9.31. The van der Waals surface area contributed by atoms with Gasteiger partial charge in [-0.25, -0.2) is 0 Å². The van der Waals surface area contributed by atoms with Crippen molar-refractivity contribution in [2.45, 2.75) is 12.8 Å². The maximum absolute atomic E-state index is 11.7. The van der Waals surface area contributed by atoms with E-state index in [4.69, 9.17) is 5.11 Å². The first kappa shape index (κ1) is 11.7. The van der Waals surface area contributed by atoms with Crippen LogP contribution in [0, 0.1) is 5.41 Å². The van der Waals surface area contributed by atoms with Crippen LogP contribution < -0.4 is 5.32 Å². The van der Waals surface area contributed by atoms with Crippen molar-refractivity contribution in [3.63, 3.8) is 0 Å². The van der Waals surface area contributed by atoms with E-state index in [2.05, 4.69) is 5.32 Å². The van der Waals surface area contributed by atoms with Crippen molar-refractivity contribution in [1.82, 2.24) is 5.32 Å². The molecule has 2 rings (SSSR count). The number of carbonyl (C=O) groups excluding carboxylic acids is 1. The molecule has 0 atom stereocenters. The Labute approximate surface area is 98.7 Å². The molecule has 1 aromatic rings. The van der Waals surface area contributed by atoms with Crippen LogP contribution in [0.4, 0.5) is 0 Å². The third-order valence-electron chi connectivity index (χ3n) is 3.08. The van der Waals surface area contributed by atoms with Crippen molar-refractivity contribution in [2.75, 3.05) is 13.2 Å². The van der Waals surface area contributed by atoms with Crippen molar-refractivity contribution < 1.29 is 20.1 Å². The Kier molecular flexibility index (Phi) is 2.93. The quantitative estimate of drug-likeness (QED) is 0.617. The van der Waals surface area contributed by atoms with Gasteiger partial charge in [-0.2, -0.15) is 0 Å². The summed E-state index contributed by atoms with van der Waals surface area (Å²) in [6.45, 7) is 0.483. The van der Waals surface area contributed by atoms with Crippen molar-refractivity contribution in [3.05, 3.63) is 23.8 Å². The predicted octanol–water partition coefficient (Wildman–Crippen LogP) is 0.600. The summed E-state index contributed by atoms with van der Waals surface area (Å²) in [6, 6.07) is 3.73. The van der Waals surface area contributed by atoms with Gasteiger partial charge in [0.25, 0.3) is 5.91 Å². The Morgan fingerprint density at radius 2 is 1.82 bits per heavy atom. The Bertz CT molecular complexity index is 420. The average molecular weight is 237 g/mol. The van der Waals surface area contributed by atoms with E-state index < -0.39 is 0 Å². The monoisotopic (exact) mass is 237 g/mol. The summed E-state index contributed by atoms with van der Waals surface area (Å²) in [4.78, 5) is 11.7. The van der Waals surface area contributed by atoms with Gasteiger partial charge in [-0.3, -0.25) is 4.79 Å². The van der Waals surface area contributed by atoms with E-state index in [-0.39, 0.29) is 35.0 Å². The van der Waals surface area contributed by atoms with E-state index in [1.165, 1.54) is 12.1 Å². The third-order valence-corrected chi connectivity index (χ3v) is 3.08. The lowest BCUT2D eigenvalue weighted by atomic mass is 10.1. The van der Waals surface area contributed by atoms with E-state index in [0.29, 0.717) is 6.54 Å². The first-order valence-corrected chi connectivity index (χ1v) is 5.47. The normalized spacial score (nSPS) is 16.5. The number of rotatable bonds is 4. The third kappa shape index (κ3) is 2.68. The zero-order valence-electron chi connectivity index (χ0n) is 9.31. The van der Waals surface area contributed by atoms with Gasteiger partial charge in [0, 0.05) is 23.6 Å². The van der Waals surface area contributed by atoms with Gasteiger partial charge in [0.2, 0.25) is 0 Å². The number of aromatic hydroxyl groups is 2. The molecular weight excluding hydrogens is 222 g/mol. The van der Waals surface area contributed by atoms with Gasteiger partial charge in [0.15, 0.2) is 0 Å². The number of hydrogen-bond acceptors (Lipinski definition) is 4. The van der Waals surface area contributed by atoms with Crippen LogP contribution in [0.1, 0.15) is 23.2 Å². The minimum atomic E-state index is -0.365. The Hall–Kier alpha value is -1.75. The number of aliphatic hydroxyl groups excluding tert-OH is 1. The van der Waals surface area contributed by atoms with Gasteiger partial charge >= 0.3 is 0 Å². The van der Waals surface area contributed by atoms with Gasteiger partial charge < -0.3 is 20.6 Å². The number of aliphatic hydroxyl groups is 1. The summed E-state index contributed by atoms with van der Waals surface area (Å²) in [7, 11) is 0. The molecule has 1 aliphatic rings. The second kappa shape index (κ2) is 4.25. The second-order valence-electron chi connectivity index (χ2n) is 4.58. The lowest BCUT2D eigenvalue weighted by Crippen LogP contribution is -2.31. The van der Waals surface area contributed by atoms with Gasteiger partial charge in [-0.1, -0.05) is 0 Å². The summed E-state index contributed by atoms with van der Waals surface area (Å²) < 4.78 is 0. The van der Waals surface area contributed by atoms with Crippen molar-refractivity contribution in [3.8, 4) is 11.5 Å². The fourth-order valence-electron chi connectivity index (χ4n) is 1.66. The standard InChI is InChI=1S/C12H15NO4/c14-7-12(1-2-12)6-13-11(17)8-3-9(15)5-10(16)4-8/h3-5,14-16H,1-2,6-7H2,(H,13,17). The SMILES string of the molecule is O=C(NCC1(CO)CC1)c1cc(O)cc(O)c1. The first-order valence-electron chi connectivity index (χ1n) is 5.47. The van der Waals surface area contributed by atoms with E-state index in [0.717, 1.165) is 18.9 Å². The molecule has 1 aliphatic carbocycles. The molecule has 0 unspecified atom stereocenters. The van der Waals surface area contributed by atoms with Crippen LogP contribution in [-0.4, -0.2) is 34.4 Å². The van der Waals surface area contributed by atoms with Crippen molar-refractivity contribution in [1.29, 1.82) is 0 Å². The molecule has 1 saturated carbocycles. The molecule has 17 heavy (non-hydrogen) atoms. The molecule has 0 spiro atoms. The number of phenols is 2. The highest BCUT2D eigenvalue weighted by Gasteiger charge is 2.42. The van der Waals surface area contributed by atoms with Crippen LogP contribution in [-0.2, 0) is 0 Å². The molecule has 0 aliphatic heterocycles. The maximum Gasteiger partial charge on any atom is 0.251 e. The molecule has 4 N–H and O–H groups in total. The highest BCUT2D eigenvalue weighted by atomic mass is 16.3. The van der Waals surface area contributed by atoms with Crippen LogP contribution in [0.2, 0.25) is 0 Å². The van der Waals surface area contributed by atoms with Crippen LogP contribution in [0.15, 0.2) is 18.2 Å². The largest absolute Gasteiger partial charge is 0.508 e. The van der Waals surface area contributed by atoms with Gasteiger partial charge in [0.1, 0.15) is 11.5 Å². The summed E-state index contributed by atoms with van der Waals surface area (Å²) in [6.07, 6.45) is 1.82. The molecule has 1 aromatic carbocycles. The molecule has 1 amide bonds. The molecule has 0 heterocycles. The predicted molar refractivity (Wildman–Crippen MR) is 60.9 cm³/mol. The lowest BCUT2D eigenvalue weighted by Gasteiger charge is -2.12. The average Bonchev–Trinajstić information content (AvgIpc) is 3.05. The highest BCUT2D eigenvalue weighted by Crippen LogP contribution is 2.44. The summed E-state index contributed by atoms with van der Waals surface area (Å²) in [5.74, 6) is -0.673. The van der Waals surface area contributed by atoms with Crippen LogP contribution in [0.25, 0.3) is 0 Å². The summed E-state index contributed by atoms with van der Waals surface area (Å²) in [5, 5.41) is 30.3. The minimum Gasteiger partial charge on any atom is -0.508 e. The molecule has 5 nitrogen and oxygen atoms in total. The minimum absolute atomic E-state index is 0.0680.